The summed E-state index contributed by atoms with van der Waals surface area (Å²) in [6, 6.07) is 4.40. The van der Waals surface area contributed by atoms with E-state index in [0.717, 1.165) is 19.3 Å². The highest BCUT2D eigenvalue weighted by Gasteiger charge is 2.30. The van der Waals surface area contributed by atoms with Crippen LogP contribution in [-0.4, -0.2) is 49.8 Å². The van der Waals surface area contributed by atoms with Crippen molar-refractivity contribution in [1.82, 2.24) is 4.90 Å². The van der Waals surface area contributed by atoms with Gasteiger partial charge in [-0.25, -0.2) is 4.39 Å². The molecule has 2 rings (SSSR count). The summed E-state index contributed by atoms with van der Waals surface area (Å²) in [5, 5.41) is 0. The van der Waals surface area contributed by atoms with Gasteiger partial charge in [-0.3, -0.25) is 4.79 Å². The number of likely N-dealkylation sites (tertiary alicyclic amines) is 1. The van der Waals surface area contributed by atoms with E-state index in [2.05, 4.69) is 0 Å². The monoisotopic (exact) mass is 374 g/mol. The van der Waals surface area contributed by atoms with Crippen molar-refractivity contribution < 1.29 is 18.7 Å². The molecule has 1 fully saturated rings. The lowest BCUT2D eigenvalue weighted by molar-refractivity contribution is 0.0575. The summed E-state index contributed by atoms with van der Waals surface area (Å²) in [6.07, 6.45) is 2.97. The van der Waals surface area contributed by atoms with Gasteiger partial charge in [0.1, 0.15) is 5.82 Å². The molecule has 2 N–H and O–H groups in total. The molecule has 2 atom stereocenters. The highest BCUT2D eigenvalue weighted by atomic mass is 35.5. The molecule has 1 aromatic rings. The van der Waals surface area contributed by atoms with Crippen molar-refractivity contribution in [2.75, 3.05) is 26.9 Å². The molecule has 1 aromatic carbocycles. The second kappa shape index (κ2) is 10.7. The number of hydrogen-bond acceptors (Lipinski definition) is 4. The highest BCUT2D eigenvalue weighted by molar-refractivity contribution is 5.94. The molecule has 0 bridgehead atoms. The first-order valence-corrected chi connectivity index (χ1v) is 8.46. The largest absolute Gasteiger partial charge is 0.382 e. The molecule has 0 radical (unpaired) electrons. The quantitative estimate of drug-likeness (QED) is 0.745. The molecule has 25 heavy (non-hydrogen) atoms. The summed E-state index contributed by atoms with van der Waals surface area (Å²) in [6.45, 7) is 3.57. The molecule has 0 aliphatic carbocycles. The lowest BCUT2D eigenvalue weighted by atomic mass is 9.95. The van der Waals surface area contributed by atoms with E-state index in [0.29, 0.717) is 30.9 Å². The number of halogens is 2. The maximum atomic E-state index is 13.9. The summed E-state index contributed by atoms with van der Waals surface area (Å²) in [5.74, 6) is -0.457. The van der Waals surface area contributed by atoms with Crippen LogP contribution >= 0.6 is 12.4 Å². The Morgan fingerprint density at radius 1 is 1.40 bits per heavy atom. The van der Waals surface area contributed by atoms with Gasteiger partial charge < -0.3 is 20.1 Å². The number of ether oxygens (including phenoxy) is 2. The highest BCUT2D eigenvalue weighted by Crippen LogP contribution is 2.22. The number of carbonyl (C=O) groups excluding carboxylic acids is 1. The summed E-state index contributed by atoms with van der Waals surface area (Å²) >= 11 is 0. The molecule has 1 aliphatic heterocycles. The number of nitrogens with two attached hydrogens (primary N) is 1. The second-order valence-corrected chi connectivity index (χ2v) is 6.27. The molecule has 0 aromatic heterocycles. The summed E-state index contributed by atoms with van der Waals surface area (Å²) < 4.78 is 24.2. The third-order valence-electron chi connectivity index (χ3n) is 4.40. The number of carbonyl (C=O) groups is 1. The standard InChI is InChI=1S/C18H27FN2O3.ClH/c1-13(20)17-5-3-4-8-21(17)18(22)14-6-7-16(19)15(11-14)12-24-10-9-23-2;/h6-7,11,13,17H,3-5,8-10,12,20H2,1-2H3;1H. The maximum Gasteiger partial charge on any atom is 0.254 e. The van der Waals surface area contributed by atoms with Crippen LogP contribution in [0.4, 0.5) is 4.39 Å². The Hall–Kier alpha value is -1.21. The SMILES string of the molecule is COCCOCc1cc(C(=O)N2CCCCC2C(C)N)ccc1F.Cl. The molecular formula is C18H28ClFN2O3. The molecule has 0 saturated carbocycles. The zero-order valence-corrected chi connectivity index (χ0v) is 15.7. The third-order valence-corrected chi connectivity index (χ3v) is 4.40. The predicted molar refractivity (Wildman–Crippen MR) is 97.5 cm³/mol. The number of nitrogens with zero attached hydrogens (tertiary/aromatic N) is 1. The Morgan fingerprint density at radius 2 is 2.16 bits per heavy atom. The van der Waals surface area contributed by atoms with Crippen molar-refractivity contribution in [3.8, 4) is 0 Å². The van der Waals surface area contributed by atoms with E-state index < -0.39 is 0 Å². The van der Waals surface area contributed by atoms with Gasteiger partial charge in [0.15, 0.2) is 0 Å². The van der Waals surface area contributed by atoms with Crippen molar-refractivity contribution in [3.63, 3.8) is 0 Å². The van der Waals surface area contributed by atoms with Crippen molar-refractivity contribution in [2.24, 2.45) is 5.73 Å². The number of piperidine rings is 1. The Morgan fingerprint density at radius 3 is 2.84 bits per heavy atom. The first-order chi connectivity index (χ1) is 11.5. The van der Waals surface area contributed by atoms with Crippen LogP contribution in [0.15, 0.2) is 18.2 Å². The minimum Gasteiger partial charge on any atom is -0.382 e. The number of rotatable bonds is 7. The van der Waals surface area contributed by atoms with Crippen LogP contribution in [0.2, 0.25) is 0 Å². The van der Waals surface area contributed by atoms with Gasteiger partial charge in [-0.2, -0.15) is 0 Å². The molecule has 142 valence electrons. The van der Waals surface area contributed by atoms with Crippen LogP contribution in [0.25, 0.3) is 0 Å². The molecule has 0 spiro atoms. The molecular weight excluding hydrogens is 347 g/mol. The molecule has 1 heterocycles. The van der Waals surface area contributed by atoms with Crippen LogP contribution in [0, 0.1) is 5.82 Å². The van der Waals surface area contributed by atoms with Crippen LogP contribution in [0.1, 0.15) is 42.1 Å². The molecule has 5 nitrogen and oxygen atoms in total. The Bertz CT molecular complexity index is 557. The molecule has 1 amide bonds. The van der Waals surface area contributed by atoms with Gasteiger partial charge in [0.25, 0.3) is 5.91 Å². The zero-order chi connectivity index (χ0) is 17.5. The number of methoxy groups -OCH3 is 1. The van der Waals surface area contributed by atoms with Crippen LogP contribution in [0.5, 0.6) is 0 Å². The summed E-state index contributed by atoms with van der Waals surface area (Å²) in [5.41, 5.74) is 6.90. The average molecular weight is 375 g/mol. The fourth-order valence-corrected chi connectivity index (χ4v) is 3.06. The first-order valence-electron chi connectivity index (χ1n) is 8.46. The Kier molecular flexibility index (Phi) is 9.35. The van der Waals surface area contributed by atoms with Gasteiger partial charge >= 0.3 is 0 Å². The zero-order valence-electron chi connectivity index (χ0n) is 14.9. The van der Waals surface area contributed by atoms with Crippen LogP contribution in [-0.2, 0) is 16.1 Å². The van der Waals surface area contributed by atoms with E-state index in [4.69, 9.17) is 15.2 Å². The van der Waals surface area contributed by atoms with Crippen LogP contribution < -0.4 is 5.73 Å². The lowest BCUT2D eigenvalue weighted by Crippen LogP contribution is -2.51. The maximum absolute atomic E-state index is 13.9. The van der Waals surface area contributed by atoms with E-state index in [1.165, 1.54) is 12.1 Å². The van der Waals surface area contributed by atoms with Gasteiger partial charge in [0.2, 0.25) is 0 Å². The Balaban J connectivity index is 0.00000312. The third kappa shape index (κ3) is 5.92. The minimum atomic E-state index is -0.369. The first kappa shape index (κ1) is 21.8. The van der Waals surface area contributed by atoms with E-state index >= 15 is 0 Å². The summed E-state index contributed by atoms with van der Waals surface area (Å²) in [7, 11) is 1.58. The van der Waals surface area contributed by atoms with Gasteiger partial charge in [0, 0.05) is 36.9 Å². The van der Waals surface area contributed by atoms with E-state index in [9.17, 15) is 9.18 Å². The fourth-order valence-electron chi connectivity index (χ4n) is 3.06. The van der Waals surface area contributed by atoms with E-state index in [1.807, 2.05) is 11.8 Å². The number of hydrogen-bond donors (Lipinski definition) is 1. The van der Waals surface area contributed by atoms with Crippen LogP contribution in [0.3, 0.4) is 0 Å². The lowest BCUT2D eigenvalue weighted by Gasteiger charge is -2.38. The number of benzene rings is 1. The summed E-state index contributed by atoms with van der Waals surface area (Å²) in [4.78, 5) is 14.7. The van der Waals surface area contributed by atoms with Crippen molar-refractivity contribution in [1.29, 1.82) is 0 Å². The van der Waals surface area contributed by atoms with Crippen molar-refractivity contribution in [2.45, 2.75) is 44.9 Å². The average Bonchev–Trinajstić information content (AvgIpc) is 2.59. The second-order valence-electron chi connectivity index (χ2n) is 6.27. The van der Waals surface area contributed by atoms with Gasteiger partial charge in [-0.15, -0.1) is 12.4 Å². The van der Waals surface area contributed by atoms with E-state index in [1.54, 1.807) is 13.2 Å². The van der Waals surface area contributed by atoms with Gasteiger partial charge in [-0.05, 0) is 44.4 Å². The van der Waals surface area contributed by atoms with Gasteiger partial charge in [-0.1, -0.05) is 0 Å². The van der Waals surface area contributed by atoms with Crippen molar-refractivity contribution >= 4 is 18.3 Å². The van der Waals surface area contributed by atoms with Gasteiger partial charge in [0.05, 0.1) is 19.8 Å². The normalized spacial score (nSPS) is 18.6. The van der Waals surface area contributed by atoms with Crippen molar-refractivity contribution in [3.05, 3.63) is 35.1 Å². The topological polar surface area (TPSA) is 64.8 Å². The molecule has 1 saturated heterocycles. The molecule has 2 unspecified atom stereocenters. The number of amides is 1. The predicted octanol–water partition coefficient (Wildman–Crippen LogP) is 2.75. The fraction of sp³-hybridized carbons (Fsp3) is 0.611. The Labute approximate surface area is 155 Å². The molecule has 7 heteroatoms. The minimum absolute atomic E-state index is 0. The van der Waals surface area contributed by atoms with E-state index in [-0.39, 0.29) is 42.8 Å². The molecule has 1 aliphatic rings. The smallest absolute Gasteiger partial charge is 0.254 e.